The Hall–Kier alpha value is -2.25. The maximum absolute atomic E-state index is 12.3. The summed E-state index contributed by atoms with van der Waals surface area (Å²) in [5, 5.41) is 0.567. The molecule has 0 atom stereocenters. The van der Waals surface area contributed by atoms with Gasteiger partial charge in [0.2, 0.25) is 10.0 Å². The van der Waals surface area contributed by atoms with Crippen LogP contribution >= 0.6 is 0 Å². The van der Waals surface area contributed by atoms with Gasteiger partial charge in [-0.05, 0) is 30.3 Å². The van der Waals surface area contributed by atoms with Crippen LogP contribution in [0.3, 0.4) is 0 Å². The molecule has 0 aliphatic carbocycles. The molecule has 0 aliphatic heterocycles. The normalized spacial score (nSPS) is 12.0. The number of H-pyrrole nitrogens is 1. The largest absolute Gasteiger partial charge is 0.468 e. The molecule has 2 aromatic heterocycles. The van der Waals surface area contributed by atoms with Crippen molar-refractivity contribution in [2.24, 2.45) is 0 Å². The molecule has 0 fully saturated rings. The van der Waals surface area contributed by atoms with Crippen LogP contribution < -0.4 is 10.5 Å². The topological polar surface area (TPSA) is 101 Å². The zero-order valence-electron chi connectivity index (χ0n) is 10.5. The van der Waals surface area contributed by atoms with E-state index in [4.69, 9.17) is 10.2 Å². The Labute approximate surface area is 115 Å². The molecule has 7 heteroatoms. The number of hydrogen-bond donors (Lipinski definition) is 3. The van der Waals surface area contributed by atoms with Gasteiger partial charge in [-0.15, -0.1) is 0 Å². The van der Waals surface area contributed by atoms with Crippen LogP contribution in [0.15, 0.2) is 52.1 Å². The Bertz CT molecular complexity index is 835. The van der Waals surface area contributed by atoms with Crippen molar-refractivity contribution in [1.29, 1.82) is 0 Å². The smallest absolute Gasteiger partial charge is 0.243 e. The molecule has 0 saturated heterocycles. The molecule has 104 valence electrons. The molecule has 4 N–H and O–H groups in total. The lowest BCUT2D eigenvalue weighted by Crippen LogP contribution is -2.22. The summed E-state index contributed by atoms with van der Waals surface area (Å²) in [5.41, 5.74) is 6.94. The van der Waals surface area contributed by atoms with Crippen LogP contribution in [-0.4, -0.2) is 13.4 Å². The average molecular weight is 291 g/mol. The molecule has 0 aliphatic rings. The van der Waals surface area contributed by atoms with Gasteiger partial charge in [0.25, 0.3) is 0 Å². The number of nitrogen functional groups attached to an aromatic ring is 1. The van der Waals surface area contributed by atoms with E-state index in [9.17, 15) is 8.42 Å². The third kappa shape index (κ3) is 2.28. The minimum Gasteiger partial charge on any atom is -0.468 e. The summed E-state index contributed by atoms with van der Waals surface area (Å²) in [5.74, 6) is 0.549. The predicted molar refractivity (Wildman–Crippen MR) is 75.4 cm³/mol. The number of benzene rings is 1. The number of aromatic amines is 1. The van der Waals surface area contributed by atoms with Crippen LogP contribution in [0.4, 0.5) is 5.69 Å². The molecular weight excluding hydrogens is 278 g/mol. The Morgan fingerprint density at radius 1 is 1.30 bits per heavy atom. The fourth-order valence-corrected chi connectivity index (χ4v) is 3.15. The van der Waals surface area contributed by atoms with E-state index in [1.54, 1.807) is 30.3 Å². The summed E-state index contributed by atoms with van der Waals surface area (Å²) >= 11 is 0. The second kappa shape index (κ2) is 4.69. The first kappa shape index (κ1) is 12.8. The Kier molecular flexibility index (Phi) is 3.00. The number of furan rings is 1. The van der Waals surface area contributed by atoms with Crippen molar-refractivity contribution >= 4 is 26.6 Å². The third-order valence-corrected chi connectivity index (χ3v) is 4.42. The maximum Gasteiger partial charge on any atom is 0.243 e. The molecule has 0 amide bonds. The molecular formula is C13H13N3O3S. The van der Waals surface area contributed by atoms with Crippen molar-refractivity contribution in [1.82, 2.24) is 9.71 Å². The van der Waals surface area contributed by atoms with Crippen LogP contribution in [0.2, 0.25) is 0 Å². The molecule has 0 unspecified atom stereocenters. The number of aromatic nitrogens is 1. The van der Waals surface area contributed by atoms with E-state index in [0.717, 1.165) is 5.52 Å². The number of hydrogen-bond acceptors (Lipinski definition) is 4. The standard InChI is InChI=1S/C13H13N3O3S/c14-9-3-4-12-11(6-9)13(8-15-12)20(17,18)16-7-10-2-1-5-19-10/h1-6,8,15-16H,7,14H2. The van der Waals surface area contributed by atoms with Crippen molar-refractivity contribution in [3.05, 3.63) is 48.6 Å². The molecule has 0 saturated carbocycles. The van der Waals surface area contributed by atoms with Gasteiger partial charge in [-0.25, -0.2) is 13.1 Å². The van der Waals surface area contributed by atoms with E-state index in [-0.39, 0.29) is 11.4 Å². The lowest BCUT2D eigenvalue weighted by atomic mass is 10.2. The molecule has 20 heavy (non-hydrogen) atoms. The van der Waals surface area contributed by atoms with Gasteiger partial charge >= 0.3 is 0 Å². The number of nitrogens with one attached hydrogen (secondary N) is 2. The minimum absolute atomic E-state index is 0.102. The third-order valence-electron chi connectivity index (χ3n) is 2.97. The number of sulfonamides is 1. The lowest BCUT2D eigenvalue weighted by molar-refractivity contribution is 0.499. The zero-order chi connectivity index (χ0) is 14.2. The molecule has 2 heterocycles. The molecule has 0 spiro atoms. The van der Waals surface area contributed by atoms with Crippen LogP contribution in [-0.2, 0) is 16.6 Å². The predicted octanol–water partition coefficient (Wildman–Crippen LogP) is 1.82. The highest BCUT2D eigenvalue weighted by atomic mass is 32.2. The molecule has 1 aromatic carbocycles. The van der Waals surface area contributed by atoms with Gasteiger partial charge in [0.15, 0.2) is 0 Å². The van der Waals surface area contributed by atoms with Crippen LogP contribution in [0, 0.1) is 0 Å². The number of anilines is 1. The minimum atomic E-state index is -3.63. The summed E-state index contributed by atoms with van der Waals surface area (Å²) in [6.45, 7) is 0.102. The van der Waals surface area contributed by atoms with Crippen molar-refractivity contribution in [3.63, 3.8) is 0 Å². The SMILES string of the molecule is Nc1ccc2[nH]cc(S(=O)(=O)NCc3ccco3)c2c1. The molecule has 3 rings (SSSR count). The van der Waals surface area contributed by atoms with E-state index < -0.39 is 10.0 Å². The van der Waals surface area contributed by atoms with E-state index in [2.05, 4.69) is 9.71 Å². The van der Waals surface area contributed by atoms with Gasteiger partial charge in [-0.2, -0.15) is 0 Å². The average Bonchev–Trinajstić information content (AvgIpc) is 3.05. The second-order valence-corrected chi connectivity index (χ2v) is 6.10. The fourth-order valence-electron chi connectivity index (χ4n) is 1.99. The first-order valence-corrected chi connectivity index (χ1v) is 7.43. The highest BCUT2D eigenvalue weighted by molar-refractivity contribution is 7.89. The Morgan fingerprint density at radius 3 is 2.90 bits per heavy atom. The van der Waals surface area contributed by atoms with Crippen molar-refractivity contribution in [3.8, 4) is 0 Å². The van der Waals surface area contributed by atoms with Gasteiger partial charge in [0.05, 0.1) is 12.8 Å². The molecule has 6 nitrogen and oxygen atoms in total. The van der Waals surface area contributed by atoms with Crippen LogP contribution in [0.25, 0.3) is 10.9 Å². The number of fused-ring (bicyclic) bond motifs is 1. The fraction of sp³-hybridized carbons (Fsp3) is 0.0769. The monoisotopic (exact) mass is 291 g/mol. The van der Waals surface area contributed by atoms with Gasteiger partial charge in [-0.3, -0.25) is 0 Å². The highest BCUT2D eigenvalue weighted by Gasteiger charge is 2.19. The molecule has 0 bridgehead atoms. The molecule has 0 radical (unpaired) electrons. The summed E-state index contributed by atoms with van der Waals surface area (Å²) in [6.07, 6.45) is 2.95. The highest BCUT2D eigenvalue weighted by Crippen LogP contribution is 2.24. The van der Waals surface area contributed by atoms with E-state index in [0.29, 0.717) is 16.8 Å². The quantitative estimate of drug-likeness (QED) is 0.638. The lowest BCUT2D eigenvalue weighted by Gasteiger charge is -2.04. The van der Waals surface area contributed by atoms with Crippen molar-refractivity contribution in [2.75, 3.05) is 5.73 Å². The summed E-state index contributed by atoms with van der Waals surface area (Å²) in [7, 11) is -3.63. The molecule has 3 aromatic rings. The summed E-state index contributed by atoms with van der Waals surface area (Å²) < 4.78 is 32.2. The van der Waals surface area contributed by atoms with E-state index >= 15 is 0 Å². The number of rotatable bonds is 4. The summed E-state index contributed by atoms with van der Waals surface area (Å²) in [6, 6.07) is 8.50. The first-order valence-electron chi connectivity index (χ1n) is 5.95. The van der Waals surface area contributed by atoms with E-state index in [1.165, 1.54) is 12.5 Å². The van der Waals surface area contributed by atoms with Crippen molar-refractivity contribution < 1.29 is 12.8 Å². The maximum atomic E-state index is 12.3. The summed E-state index contributed by atoms with van der Waals surface area (Å²) in [4.78, 5) is 3.09. The van der Waals surface area contributed by atoms with Gasteiger partial charge in [0, 0.05) is 22.8 Å². The van der Waals surface area contributed by atoms with Crippen LogP contribution in [0.5, 0.6) is 0 Å². The first-order chi connectivity index (χ1) is 9.56. The van der Waals surface area contributed by atoms with Crippen LogP contribution in [0.1, 0.15) is 5.76 Å². The second-order valence-electron chi connectivity index (χ2n) is 4.36. The zero-order valence-corrected chi connectivity index (χ0v) is 11.3. The van der Waals surface area contributed by atoms with Gasteiger partial charge in [-0.1, -0.05) is 0 Å². The number of nitrogens with two attached hydrogens (primary N) is 1. The Morgan fingerprint density at radius 2 is 2.15 bits per heavy atom. The van der Waals surface area contributed by atoms with Gasteiger partial charge in [0.1, 0.15) is 10.7 Å². The van der Waals surface area contributed by atoms with Gasteiger partial charge < -0.3 is 15.1 Å². The van der Waals surface area contributed by atoms with Crippen molar-refractivity contribution in [2.45, 2.75) is 11.4 Å². The van der Waals surface area contributed by atoms with E-state index in [1.807, 2.05) is 0 Å². The Balaban J connectivity index is 1.94.